The van der Waals surface area contributed by atoms with Crippen LogP contribution in [0.15, 0.2) is 0 Å². The summed E-state index contributed by atoms with van der Waals surface area (Å²) in [5.41, 5.74) is 5.16. The van der Waals surface area contributed by atoms with Gasteiger partial charge in [0.2, 0.25) is 0 Å². The van der Waals surface area contributed by atoms with E-state index in [1.54, 1.807) is 13.8 Å². The first kappa shape index (κ1) is 24.9. The highest BCUT2D eigenvalue weighted by atomic mass is 19.4. The number of aliphatic carboxylic acids is 3. The molecule has 0 saturated carbocycles. The van der Waals surface area contributed by atoms with Crippen molar-refractivity contribution in [3.8, 4) is 0 Å². The summed E-state index contributed by atoms with van der Waals surface area (Å²) in [4.78, 5) is 27.8. The number of alkyl halides is 6. The molecule has 0 amide bonds. The van der Waals surface area contributed by atoms with E-state index in [0.717, 1.165) is 0 Å². The Labute approximate surface area is 119 Å². The number of rotatable bonds is 2. The Morgan fingerprint density at radius 1 is 0.818 bits per heavy atom. The van der Waals surface area contributed by atoms with Crippen LogP contribution in [0.2, 0.25) is 0 Å². The smallest absolute Gasteiger partial charge is 0.480 e. The predicted octanol–water partition coefficient (Wildman–Crippen LogP) is 1.32. The number of nitrogens with two attached hydrogens (primary N) is 1. The molecule has 0 rings (SSSR count). The SMILES string of the molecule is CC(C)[C@H](N)C(=O)O.O=C(O)C(F)(F)F.O=C(O)C(F)(F)F. The second-order valence-corrected chi connectivity index (χ2v) is 3.71. The fourth-order valence-corrected chi connectivity index (χ4v) is 0.285. The second-order valence-electron chi connectivity index (χ2n) is 3.71. The maximum absolute atomic E-state index is 10.6. The fraction of sp³-hybridized carbons (Fsp3) is 0.667. The molecule has 0 saturated heterocycles. The minimum Gasteiger partial charge on any atom is -0.480 e. The molecule has 0 fully saturated rings. The van der Waals surface area contributed by atoms with Crippen molar-refractivity contribution in [2.24, 2.45) is 11.7 Å². The number of carbonyl (C=O) groups is 3. The van der Waals surface area contributed by atoms with Gasteiger partial charge in [-0.15, -0.1) is 0 Å². The molecule has 0 aromatic carbocycles. The topological polar surface area (TPSA) is 138 Å². The molecule has 0 bridgehead atoms. The summed E-state index contributed by atoms with van der Waals surface area (Å²) in [7, 11) is 0. The monoisotopic (exact) mass is 345 g/mol. The minimum absolute atomic E-state index is 0.0208. The van der Waals surface area contributed by atoms with Crippen molar-refractivity contribution >= 4 is 17.9 Å². The molecular formula is C9H13F6NO6. The van der Waals surface area contributed by atoms with Gasteiger partial charge in [-0.3, -0.25) is 4.79 Å². The lowest BCUT2D eigenvalue weighted by atomic mass is 10.1. The molecule has 0 aliphatic carbocycles. The average molecular weight is 345 g/mol. The molecule has 7 nitrogen and oxygen atoms in total. The van der Waals surface area contributed by atoms with Crippen LogP contribution in [0, 0.1) is 5.92 Å². The fourth-order valence-electron chi connectivity index (χ4n) is 0.285. The maximum atomic E-state index is 10.6. The van der Waals surface area contributed by atoms with Crippen LogP contribution in [0.25, 0.3) is 0 Å². The van der Waals surface area contributed by atoms with Gasteiger partial charge in [0.25, 0.3) is 0 Å². The third-order valence-electron chi connectivity index (χ3n) is 1.49. The van der Waals surface area contributed by atoms with Crippen LogP contribution in [0.4, 0.5) is 26.3 Å². The Morgan fingerprint density at radius 2 is 1.00 bits per heavy atom. The van der Waals surface area contributed by atoms with Crippen molar-refractivity contribution in [1.82, 2.24) is 0 Å². The third-order valence-corrected chi connectivity index (χ3v) is 1.49. The Balaban J connectivity index is -0.000000247. The van der Waals surface area contributed by atoms with E-state index in [0.29, 0.717) is 0 Å². The van der Waals surface area contributed by atoms with Crippen molar-refractivity contribution < 1.29 is 56.0 Å². The molecule has 1 atom stereocenters. The summed E-state index contributed by atoms with van der Waals surface area (Å²) in [6, 6.07) is -0.713. The molecule has 22 heavy (non-hydrogen) atoms. The summed E-state index contributed by atoms with van der Waals surface area (Å²) in [5, 5.41) is 22.5. The van der Waals surface area contributed by atoms with Gasteiger partial charge in [0, 0.05) is 0 Å². The molecule has 0 aliphatic rings. The number of carboxylic acids is 3. The molecule has 5 N–H and O–H groups in total. The van der Waals surface area contributed by atoms with Gasteiger partial charge >= 0.3 is 30.3 Å². The molecule has 0 unspecified atom stereocenters. The van der Waals surface area contributed by atoms with Gasteiger partial charge < -0.3 is 21.1 Å². The summed E-state index contributed by atoms with van der Waals surface area (Å²) in [6.07, 6.45) is -10.2. The highest BCUT2D eigenvalue weighted by Gasteiger charge is 2.38. The lowest BCUT2D eigenvalue weighted by molar-refractivity contribution is -0.193. The summed E-state index contributed by atoms with van der Waals surface area (Å²) >= 11 is 0. The van der Waals surface area contributed by atoms with Gasteiger partial charge in [-0.05, 0) is 5.92 Å². The first-order chi connectivity index (χ1) is 9.44. The van der Waals surface area contributed by atoms with Crippen LogP contribution in [0.5, 0.6) is 0 Å². The van der Waals surface area contributed by atoms with Crippen LogP contribution in [-0.4, -0.2) is 51.6 Å². The van der Waals surface area contributed by atoms with E-state index in [1.807, 2.05) is 0 Å². The molecule has 13 heteroatoms. The van der Waals surface area contributed by atoms with E-state index < -0.39 is 36.3 Å². The van der Waals surface area contributed by atoms with Crippen LogP contribution < -0.4 is 5.73 Å². The molecule has 0 heterocycles. The first-order valence-electron chi connectivity index (χ1n) is 5.03. The summed E-state index contributed by atoms with van der Waals surface area (Å²) in [6.45, 7) is 3.55. The van der Waals surface area contributed by atoms with E-state index >= 15 is 0 Å². The minimum atomic E-state index is -5.08. The predicted molar refractivity (Wildman–Crippen MR) is 57.8 cm³/mol. The number of halogens is 6. The van der Waals surface area contributed by atoms with Crippen molar-refractivity contribution in [1.29, 1.82) is 0 Å². The molecule has 0 aromatic rings. The maximum Gasteiger partial charge on any atom is 0.490 e. The standard InChI is InChI=1S/C5H11NO2.2C2HF3O2/c1-3(2)4(6)5(7)8;2*3-2(4,5)1(6)7/h3-4H,6H2,1-2H3,(H,7,8);2*(H,6,7)/t4-;;/m0../s1. The Kier molecular flexibility index (Phi) is 11.1. The van der Waals surface area contributed by atoms with Crippen molar-refractivity contribution in [2.45, 2.75) is 32.2 Å². The normalized spacial score (nSPS) is 12.3. The van der Waals surface area contributed by atoms with Gasteiger partial charge in [0.1, 0.15) is 6.04 Å². The Hall–Kier alpha value is -2.05. The van der Waals surface area contributed by atoms with Crippen LogP contribution in [-0.2, 0) is 14.4 Å². The van der Waals surface area contributed by atoms with Crippen LogP contribution >= 0.6 is 0 Å². The van der Waals surface area contributed by atoms with Crippen LogP contribution in [0.3, 0.4) is 0 Å². The van der Waals surface area contributed by atoms with Crippen LogP contribution in [0.1, 0.15) is 13.8 Å². The van der Waals surface area contributed by atoms with Gasteiger partial charge in [0.05, 0.1) is 0 Å². The number of hydrogen-bond donors (Lipinski definition) is 4. The molecular weight excluding hydrogens is 332 g/mol. The van der Waals surface area contributed by atoms with Gasteiger partial charge in [-0.2, -0.15) is 26.3 Å². The zero-order valence-electron chi connectivity index (χ0n) is 11.1. The molecule has 0 aromatic heterocycles. The van der Waals surface area contributed by atoms with Gasteiger partial charge in [-0.1, -0.05) is 13.8 Å². The average Bonchev–Trinajstić information content (AvgIpc) is 2.26. The Bertz CT molecular complexity index is 354. The number of hydrogen-bond acceptors (Lipinski definition) is 4. The molecule has 0 spiro atoms. The lowest BCUT2D eigenvalue weighted by Gasteiger charge is -2.07. The van der Waals surface area contributed by atoms with Crippen molar-refractivity contribution in [3.05, 3.63) is 0 Å². The zero-order chi connectivity index (χ0) is 18.9. The third kappa shape index (κ3) is 16.0. The largest absolute Gasteiger partial charge is 0.490 e. The lowest BCUT2D eigenvalue weighted by Crippen LogP contribution is -2.34. The van der Waals surface area contributed by atoms with E-state index in [9.17, 15) is 31.1 Å². The first-order valence-corrected chi connectivity index (χ1v) is 5.03. The highest BCUT2D eigenvalue weighted by Crippen LogP contribution is 2.13. The summed E-state index contributed by atoms with van der Waals surface area (Å²) in [5.74, 6) is -6.42. The highest BCUT2D eigenvalue weighted by molar-refractivity contribution is 5.73. The quantitative estimate of drug-likeness (QED) is 0.554. The molecule has 132 valence electrons. The van der Waals surface area contributed by atoms with Crippen molar-refractivity contribution in [3.63, 3.8) is 0 Å². The molecule has 0 aliphatic heterocycles. The van der Waals surface area contributed by atoms with Crippen molar-refractivity contribution in [2.75, 3.05) is 0 Å². The summed E-state index contributed by atoms with van der Waals surface area (Å²) < 4.78 is 63.5. The second kappa shape index (κ2) is 9.81. The van der Waals surface area contributed by atoms with Gasteiger partial charge in [-0.25, -0.2) is 9.59 Å². The Morgan fingerprint density at radius 3 is 1.00 bits per heavy atom. The molecule has 0 radical (unpaired) electrons. The zero-order valence-corrected chi connectivity index (χ0v) is 11.1. The van der Waals surface area contributed by atoms with E-state index in [4.69, 9.17) is 30.6 Å². The van der Waals surface area contributed by atoms with E-state index in [1.165, 1.54) is 0 Å². The number of carboxylic acid groups (broad SMARTS) is 3. The van der Waals surface area contributed by atoms with Gasteiger partial charge in [0.15, 0.2) is 0 Å². The van der Waals surface area contributed by atoms with E-state index in [2.05, 4.69) is 0 Å². The van der Waals surface area contributed by atoms with E-state index in [-0.39, 0.29) is 5.92 Å².